The van der Waals surface area contributed by atoms with Crippen molar-refractivity contribution in [2.75, 3.05) is 14.1 Å². The number of aromatic hydroxyl groups is 1. The summed E-state index contributed by atoms with van der Waals surface area (Å²) in [6.45, 7) is -0.172. The third kappa shape index (κ3) is 3.95. The number of carbonyl (C=O) groups excluding carboxylic acids is 3. The van der Waals surface area contributed by atoms with Gasteiger partial charge in [-0.2, -0.15) is 0 Å². The number of non-ortho nitro benzene ring substituents is 1. The molecule has 13 nitrogen and oxygen atoms in total. The molecule has 2 aromatic rings. The number of primary amides is 1. The van der Waals surface area contributed by atoms with Crippen LogP contribution < -0.4 is 11.5 Å². The summed E-state index contributed by atoms with van der Waals surface area (Å²) in [6.07, 6.45) is -1.60. The number of fused-ring (bicyclic) bond motifs is 3. The number of likely N-dealkylation sites (N-methyl/N-ethyl adjacent to an activating group) is 1. The number of amides is 1. The van der Waals surface area contributed by atoms with Gasteiger partial charge in [0.25, 0.3) is 5.69 Å². The molecule has 41 heavy (non-hydrogen) atoms. The first-order valence-corrected chi connectivity index (χ1v) is 13.0. The molecule has 6 atom stereocenters. The lowest BCUT2D eigenvalue weighted by Crippen LogP contribution is -2.73. The van der Waals surface area contributed by atoms with Gasteiger partial charge in [-0.15, -0.1) is 0 Å². The van der Waals surface area contributed by atoms with E-state index in [1.54, 1.807) is 26.2 Å². The maximum atomic E-state index is 14.0. The van der Waals surface area contributed by atoms with Gasteiger partial charge in [-0.05, 0) is 55.6 Å². The molecule has 2 fully saturated rings. The molecule has 216 valence electrons. The maximum absolute atomic E-state index is 14.0. The Morgan fingerprint density at radius 2 is 1.90 bits per heavy atom. The Kier molecular flexibility index (Phi) is 6.73. The Morgan fingerprint density at radius 3 is 2.49 bits per heavy atom. The number of nitrogens with zero attached hydrogens (tertiary/aromatic N) is 2. The van der Waals surface area contributed by atoms with Crippen molar-refractivity contribution in [2.24, 2.45) is 29.2 Å². The number of aliphatic hydroxyl groups is 3. The summed E-state index contributed by atoms with van der Waals surface area (Å²) in [4.78, 5) is 52.1. The van der Waals surface area contributed by atoms with Gasteiger partial charge in [-0.1, -0.05) is 12.1 Å². The standard InChI is InChI=1S/C28H30N4O9/c1-31(2)21-17-9-12-7-16-15(11-4-3-5-14(6-11)32(40)41)8-13(10-29)22(33)19(16)23(34)18(12)25(36)28(17,39)26(37)20(24(21)35)27(30)38/h3-6,8,12,17,20-21,24,33-35,39H,7,9-10,29H2,1-2H3,(H2,30,38)/t12-,17-,20?,21-,24?,28-/m1/s1. The number of hydrogen-bond donors (Lipinski definition) is 6. The fourth-order valence-corrected chi connectivity index (χ4v) is 6.93. The highest BCUT2D eigenvalue weighted by Crippen LogP contribution is 2.53. The second-order valence-corrected chi connectivity index (χ2v) is 11.1. The van der Waals surface area contributed by atoms with Crippen molar-refractivity contribution < 1.29 is 39.7 Å². The third-order valence-electron chi connectivity index (χ3n) is 8.76. The zero-order chi connectivity index (χ0) is 30.1. The lowest BCUT2D eigenvalue weighted by molar-refractivity contribution is -0.384. The normalized spacial score (nSPS) is 29.2. The lowest BCUT2D eigenvalue weighted by atomic mass is 9.54. The molecule has 5 rings (SSSR count). The topological polar surface area (TPSA) is 231 Å². The van der Waals surface area contributed by atoms with E-state index in [1.807, 2.05) is 0 Å². The first-order valence-electron chi connectivity index (χ1n) is 13.0. The number of nitro groups is 1. The van der Waals surface area contributed by atoms with Crippen molar-refractivity contribution in [1.82, 2.24) is 4.90 Å². The molecule has 13 heteroatoms. The summed E-state index contributed by atoms with van der Waals surface area (Å²) in [7, 11) is 3.14. The Balaban J connectivity index is 1.75. The largest absolute Gasteiger partial charge is 0.507 e. The Hall–Kier alpha value is -4.17. The summed E-state index contributed by atoms with van der Waals surface area (Å²) in [6, 6.07) is 6.34. The van der Waals surface area contributed by atoms with Crippen LogP contribution in [0.5, 0.6) is 5.75 Å². The van der Waals surface area contributed by atoms with Gasteiger partial charge in [0.2, 0.25) is 11.7 Å². The maximum Gasteiger partial charge on any atom is 0.270 e. The summed E-state index contributed by atoms with van der Waals surface area (Å²) >= 11 is 0. The Bertz CT molecular complexity index is 1550. The molecule has 2 unspecified atom stereocenters. The van der Waals surface area contributed by atoms with E-state index in [0.29, 0.717) is 16.7 Å². The van der Waals surface area contributed by atoms with Crippen molar-refractivity contribution >= 4 is 28.9 Å². The van der Waals surface area contributed by atoms with Crippen molar-refractivity contribution in [3.63, 3.8) is 0 Å². The number of phenols is 1. The van der Waals surface area contributed by atoms with Crippen LogP contribution in [-0.2, 0) is 27.3 Å². The van der Waals surface area contributed by atoms with Crippen LogP contribution in [0.1, 0.15) is 23.1 Å². The van der Waals surface area contributed by atoms with E-state index in [0.717, 1.165) is 0 Å². The van der Waals surface area contributed by atoms with E-state index in [-0.39, 0.29) is 41.8 Å². The van der Waals surface area contributed by atoms with Crippen LogP contribution in [0.15, 0.2) is 35.9 Å². The van der Waals surface area contributed by atoms with E-state index in [4.69, 9.17) is 11.5 Å². The molecule has 0 bridgehead atoms. The summed E-state index contributed by atoms with van der Waals surface area (Å²) in [5, 5.41) is 56.8. The van der Waals surface area contributed by atoms with Gasteiger partial charge in [0, 0.05) is 41.8 Å². The van der Waals surface area contributed by atoms with Gasteiger partial charge in [0.1, 0.15) is 17.4 Å². The molecule has 3 aliphatic rings. The average Bonchev–Trinajstić information content (AvgIpc) is 2.90. The summed E-state index contributed by atoms with van der Waals surface area (Å²) in [5.74, 6) is -8.44. The van der Waals surface area contributed by atoms with Gasteiger partial charge in [-0.3, -0.25) is 24.5 Å². The molecule has 0 aliphatic heterocycles. The number of nitrogens with two attached hydrogens (primary N) is 2. The molecule has 0 radical (unpaired) electrons. The zero-order valence-electron chi connectivity index (χ0n) is 22.3. The highest BCUT2D eigenvalue weighted by atomic mass is 16.6. The number of hydrogen-bond acceptors (Lipinski definition) is 11. The van der Waals surface area contributed by atoms with Crippen LogP contribution in [0.2, 0.25) is 0 Å². The molecular formula is C28H30N4O9. The molecule has 2 saturated carbocycles. The first-order chi connectivity index (χ1) is 19.2. The summed E-state index contributed by atoms with van der Waals surface area (Å²) in [5.41, 5.74) is 9.32. The SMILES string of the molecule is CN(C)[C@H]1C(O)C(C(N)=O)C(=O)[C@]2(O)C(=O)C3=C(O)c4c(O)c(CN)cc(-c5cccc([N+](=O)[O-])c5)c4C[C@@H]3C[C@H]12. The highest BCUT2D eigenvalue weighted by molar-refractivity contribution is 6.25. The second-order valence-electron chi connectivity index (χ2n) is 11.1. The number of nitro benzene ring substituents is 1. The number of rotatable bonds is 5. The van der Waals surface area contributed by atoms with Crippen LogP contribution in [0, 0.1) is 27.9 Å². The van der Waals surface area contributed by atoms with E-state index in [2.05, 4.69) is 0 Å². The highest BCUT2D eigenvalue weighted by Gasteiger charge is 2.67. The van der Waals surface area contributed by atoms with Gasteiger partial charge in [0.05, 0.1) is 16.6 Å². The number of carbonyl (C=O) groups is 3. The number of aliphatic hydroxyl groups excluding tert-OH is 2. The minimum atomic E-state index is -2.77. The van der Waals surface area contributed by atoms with Crippen LogP contribution in [0.25, 0.3) is 16.9 Å². The lowest BCUT2D eigenvalue weighted by Gasteiger charge is -2.53. The fraction of sp³-hybridized carbons (Fsp3) is 0.393. The van der Waals surface area contributed by atoms with Gasteiger partial charge < -0.3 is 36.8 Å². The molecule has 0 heterocycles. The monoisotopic (exact) mass is 566 g/mol. The molecule has 1 amide bonds. The number of Topliss-reactive ketones (excluding diaryl/α,β-unsaturated/α-hetero) is 2. The minimum Gasteiger partial charge on any atom is -0.507 e. The molecular weight excluding hydrogens is 536 g/mol. The van der Waals surface area contributed by atoms with Crippen molar-refractivity contribution in [3.8, 4) is 16.9 Å². The number of ketones is 2. The molecule has 0 saturated heterocycles. The van der Waals surface area contributed by atoms with Crippen LogP contribution in [-0.4, -0.2) is 79.6 Å². The predicted octanol–water partition coefficient (Wildman–Crippen LogP) is 0.163. The van der Waals surface area contributed by atoms with Crippen molar-refractivity contribution in [3.05, 3.63) is 62.7 Å². The Labute approximate surface area is 233 Å². The molecule has 0 spiro atoms. The Morgan fingerprint density at radius 1 is 1.22 bits per heavy atom. The van der Waals surface area contributed by atoms with Gasteiger partial charge >= 0.3 is 0 Å². The van der Waals surface area contributed by atoms with Crippen LogP contribution in [0.4, 0.5) is 5.69 Å². The average molecular weight is 567 g/mol. The number of benzene rings is 2. The van der Waals surface area contributed by atoms with Crippen molar-refractivity contribution in [1.29, 1.82) is 0 Å². The van der Waals surface area contributed by atoms with Crippen LogP contribution in [0.3, 0.4) is 0 Å². The fourth-order valence-electron chi connectivity index (χ4n) is 6.93. The third-order valence-corrected chi connectivity index (χ3v) is 8.76. The van der Waals surface area contributed by atoms with Gasteiger partial charge in [-0.25, -0.2) is 0 Å². The second kappa shape index (κ2) is 9.73. The van der Waals surface area contributed by atoms with E-state index in [9.17, 15) is 44.9 Å². The van der Waals surface area contributed by atoms with E-state index < -0.39 is 69.4 Å². The predicted molar refractivity (Wildman–Crippen MR) is 144 cm³/mol. The molecule has 2 aromatic carbocycles. The smallest absolute Gasteiger partial charge is 0.270 e. The van der Waals surface area contributed by atoms with E-state index >= 15 is 0 Å². The number of phenolic OH excluding ortho intramolecular Hbond substituents is 1. The summed E-state index contributed by atoms with van der Waals surface area (Å²) < 4.78 is 0. The van der Waals surface area contributed by atoms with Crippen LogP contribution >= 0.6 is 0 Å². The molecule has 0 aromatic heterocycles. The quantitative estimate of drug-likeness (QED) is 0.162. The van der Waals surface area contributed by atoms with Crippen molar-refractivity contribution in [2.45, 2.75) is 37.1 Å². The van der Waals surface area contributed by atoms with E-state index in [1.165, 1.54) is 23.1 Å². The molecule has 3 aliphatic carbocycles. The molecule has 8 N–H and O–H groups in total. The first kappa shape index (κ1) is 28.4. The zero-order valence-corrected chi connectivity index (χ0v) is 22.3. The van der Waals surface area contributed by atoms with Gasteiger partial charge in [0.15, 0.2) is 11.4 Å². The minimum absolute atomic E-state index is 0.0488.